The molecule has 0 fully saturated rings. The van der Waals surface area contributed by atoms with Crippen LogP contribution in [0.4, 0.5) is 0 Å². The highest BCUT2D eigenvalue weighted by Crippen LogP contribution is 2.20. The molecule has 0 saturated carbocycles. The Morgan fingerprint density at radius 3 is 1.78 bits per heavy atom. The fraction of sp³-hybridized carbons (Fsp3) is 0.750. The third-order valence-corrected chi connectivity index (χ3v) is 2.84. The average Bonchev–Trinajstić information content (AvgIpc) is 2.25. The molecule has 0 aliphatic carbocycles. The monoisotopic (exact) mass is 259 g/mol. The van der Waals surface area contributed by atoms with Crippen molar-refractivity contribution in [3.8, 4) is 0 Å². The van der Waals surface area contributed by atoms with Crippen LogP contribution in [0.15, 0.2) is 0 Å². The maximum atomic E-state index is 12.0. The summed E-state index contributed by atoms with van der Waals surface area (Å²) in [6, 6.07) is 0. The third kappa shape index (κ3) is 3.45. The first-order valence-corrected chi connectivity index (χ1v) is 5.53. The minimum atomic E-state index is -1.39. The summed E-state index contributed by atoms with van der Waals surface area (Å²) in [5.74, 6) is -1.60. The fourth-order valence-electron chi connectivity index (χ4n) is 1.17. The second-order valence-corrected chi connectivity index (χ2v) is 5.03. The number of amides is 1. The van der Waals surface area contributed by atoms with E-state index >= 15 is 0 Å². The van der Waals surface area contributed by atoms with E-state index in [1.54, 1.807) is 13.8 Å². The van der Waals surface area contributed by atoms with Gasteiger partial charge in [-0.25, -0.2) is 9.59 Å². The molecule has 0 atom stereocenters. The highest BCUT2D eigenvalue weighted by molar-refractivity contribution is 5.89. The van der Waals surface area contributed by atoms with Crippen LogP contribution in [0.3, 0.4) is 0 Å². The number of methoxy groups -OCH3 is 1. The Balaban J connectivity index is 4.97. The number of ether oxygens (including phenoxy) is 2. The summed E-state index contributed by atoms with van der Waals surface area (Å²) in [5, 5.41) is 0. The number of nitrogens with zero attached hydrogens (tertiary/aromatic N) is 1. The third-order valence-electron chi connectivity index (χ3n) is 2.84. The molecule has 0 aliphatic rings. The summed E-state index contributed by atoms with van der Waals surface area (Å²) >= 11 is 0. The van der Waals surface area contributed by atoms with Crippen molar-refractivity contribution in [2.24, 2.45) is 0 Å². The van der Waals surface area contributed by atoms with Crippen LogP contribution in [-0.2, 0) is 23.9 Å². The summed E-state index contributed by atoms with van der Waals surface area (Å²) in [6.07, 6.45) is 0. The Morgan fingerprint density at radius 2 is 1.44 bits per heavy atom. The standard InChI is InChI=1S/C12H21NO5/c1-8(14)13(6)11(2,3)9(15)18-12(4,5)10(16)17-7/h1-7H3. The van der Waals surface area contributed by atoms with Crippen LogP contribution < -0.4 is 0 Å². The Morgan fingerprint density at radius 1 is 1.00 bits per heavy atom. The summed E-state index contributed by atoms with van der Waals surface area (Å²) in [5.41, 5.74) is -2.54. The molecular weight excluding hydrogens is 238 g/mol. The molecule has 18 heavy (non-hydrogen) atoms. The molecule has 0 aromatic rings. The van der Waals surface area contributed by atoms with Crippen LogP contribution in [0.1, 0.15) is 34.6 Å². The van der Waals surface area contributed by atoms with Gasteiger partial charge in [-0.2, -0.15) is 0 Å². The highest BCUT2D eigenvalue weighted by atomic mass is 16.6. The van der Waals surface area contributed by atoms with Crippen LogP contribution >= 0.6 is 0 Å². The van der Waals surface area contributed by atoms with E-state index in [0.717, 1.165) is 0 Å². The molecule has 0 N–H and O–H groups in total. The van der Waals surface area contributed by atoms with E-state index in [1.807, 2.05) is 0 Å². The van der Waals surface area contributed by atoms with Gasteiger partial charge in [0.2, 0.25) is 11.5 Å². The van der Waals surface area contributed by atoms with Crippen LogP contribution in [-0.4, -0.2) is 48.0 Å². The van der Waals surface area contributed by atoms with E-state index < -0.39 is 23.1 Å². The van der Waals surface area contributed by atoms with E-state index in [9.17, 15) is 14.4 Å². The first-order chi connectivity index (χ1) is 7.96. The van der Waals surface area contributed by atoms with Crippen molar-refractivity contribution in [1.82, 2.24) is 4.90 Å². The number of esters is 2. The van der Waals surface area contributed by atoms with Gasteiger partial charge in [0.05, 0.1) is 7.11 Å². The van der Waals surface area contributed by atoms with E-state index in [-0.39, 0.29) is 5.91 Å². The average molecular weight is 259 g/mol. The van der Waals surface area contributed by atoms with Crippen molar-refractivity contribution in [3.63, 3.8) is 0 Å². The molecule has 0 radical (unpaired) electrons. The minimum absolute atomic E-state index is 0.271. The van der Waals surface area contributed by atoms with Gasteiger partial charge < -0.3 is 14.4 Å². The lowest BCUT2D eigenvalue weighted by molar-refractivity contribution is -0.184. The number of carbonyl (C=O) groups excluding carboxylic acids is 3. The second kappa shape index (κ2) is 5.37. The van der Waals surface area contributed by atoms with Gasteiger partial charge in [0.25, 0.3) is 0 Å². The lowest BCUT2D eigenvalue weighted by atomic mass is 10.0. The zero-order valence-corrected chi connectivity index (χ0v) is 12.0. The van der Waals surface area contributed by atoms with Gasteiger partial charge in [-0.3, -0.25) is 4.79 Å². The maximum Gasteiger partial charge on any atom is 0.349 e. The quantitative estimate of drug-likeness (QED) is 0.696. The molecule has 0 aromatic carbocycles. The van der Waals surface area contributed by atoms with Gasteiger partial charge >= 0.3 is 11.9 Å². The summed E-state index contributed by atoms with van der Waals surface area (Å²) < 4.78 is 9.66. The molecule has 0 aliphatic heterocycles. The Hall–Kier alpha value is -1.59. The Bertz CT molecular complexity index is 359. The minimum Gasteiger partial charge on any atom is -0.466 e. The maximum absolute atomic E-state index is 12.0. The Labute approximate surface area is 107 Å². The van der Waals surface area contributed by atoms with E-state index in [0.29, 0.717) is 0 Å². The van der Waals surface area contributed by atoms with Crippen molar-refractivity contribution in [2.45, 2.75) is 45.8 Å². The molecule has 0 aromatic heterocycles. The smallest absolute Gasteiger partial charge is 0.349 e. The van der Waals surface area contributed by atoms with Crippen LogP contribution in [0.2, 0.25) is 0 Å². The molecule has 6 heteroatoms. The molecule has 1 amide bonds. The molecule has 6 nitrogen and oxygen atoms in total. The zero-order chi connectivity index (χ0) is 14.7. The lowest BCUT2D eigenvalue weighted by Crippen LogP contribution is -2.54. The summed E-state index contributed by atoms with van der Waals surface area (Å²) in [6.45, 7) is 7.30. The topological polar surface area (TPSA) is 72.9 Å². The second-order valence-electron chi connectivity index (χ2n) is 5.03. The molecular formula is C12H21NO5. The van der Waals surface area contributed by atoms with Gasteiger partial charge in [0.15, 0.2) is 0 Å². The van der Waals surface area contributed by atoms with E-state index in [2.05, 4.69) is 4.74 Å². The number of hydrogen-bond acceptors (Lipinski definition) is 5. The van der Waals surface area contributed by atoms with Crippen molar-refractivity contribution >= 4 is 17.8 Å². The molecule has 0 rings (SSSR count). The molecule has 0 saturated heterocycles. The van der Waals surface area contributed by atoms with Crippen LogP contribution in [0.25, 0.3) is 0 Å². The van der Waals surface area contributed by atoms with Crippen molar-refractivity contribution in [1.29, 1.82) is 0 Å². The molecule has 104 valence electrons. The van der Waals surface area contributed by atoms with Crippen LogP contribution in [0.5, 0.6) is 0 Å². The molecule has 0 heterocycles. The van der Waals surface area contributed by atoms with Crippen molar-refractivity contribution in [2.75, 3.05) is 14.2 Å². The Kier molecular flexibility index (Phi) is 4.90. The van der Waals surface area contributed by atoms with E-state index in [1.165, 1.54) is 39.8 Å². The van der Waals surface area contributed by atoms with Crippen molar-refractivity contribution < 1.29 is 23.9 Å². The van der Waals surface area contributed by atoms with E-state index in [4.69, 9.17) is 4.74 Å². The van der Waals surface area contributed by atoms with Gasteiger partial charge in [-0.05, 0) is 27.7 Å². The number of rotatable bonds is 4. The molecule has 0 unspecified atom stereocenters. The molecule has 0 bridgehead atoms. The number of likely N-dealkylation sites (N-methyl/N-ethyl adjacent to an activating group) is 1. The number of carbonyl (C=O) groups is 3. The van der Waals surface area contributed by atoms with Gasteiger partial charge in [-0.1, -0.05) is 0 Å². The largest absolute Gasteiger partial charge is 0.466 e. The first kappa shape index (κ1) is 16.4. The predicted octanol–water partition coefficient (Wildman–Crippen LogP) is 0.738. The summed E-state index contributed by atoms with van der Waals surface area (Å²) in [7, 11) is 2.71. The SMILES string of the molecule is COC(=O)C(C)(C)OC(=O)C(C)(C)N(C)C(C)=O. The first-order valence-electron chi connectivity index (χ1n) is 5.53. The van der Waals surface area contributed by atoms with Crippen molar-refractivity contribution in [3.05, 3.63) is 0 Å². The highest BCUT2D eigenvalue weighted by Gasteiger charge is 2.41. The fourth-order valence-corrected chi connectivity index (χ4v) is 1.17. The zero-order valence-electron chi connectivity index (χ0n) is 12.0. The van der Waals surface area contributed by atoms with Crippen LogP contribution in [0, 0.1) is 0 Å². The normalized spacial score (nSPS) is 11.7. The number of hydrogen-bond donors (Lipinski definition) is 0. The molecule has 0 spiro atoms. The predicted molar refractivity (Wildman–Crippen MR) is 64.7 cm³/mol. The van der Waals surface area contributed by atoms with Gasteiger partial charge in [0, 0.05) is 14.0 Å². The van der Waals surface area contributed by atoms with Gasteiger partial charge in [-0.15, -0.1) is 0 Å². The lowest BCUT2D eigenvalue weighted by Gasteiger charge is -2.35. The van der Waals surface area contributed by atoms with Gasteiger partial charge in [0.1, 0.15) is 5.54 Å². The summed E-state index contributed by atoms with van der Waals surface area (Å²) in [4.78, 5) is 36.0.